The fourth-order valence-corrected chi connectivity index (χ4v) is 0.250. The van der Waals surface area contributed by atoms with E-state index in [2.05, 4.69) is 12.7 Å². The van der Waals surface area contributed by atoms with Crippen LogP contribution in [0.3, 0.4) is 0 Å². The average molecular weight is 218 g/mol. The Morgan fingerprint density at radius 2 is 1.88 bits per heavy atom. The van der Waals surface area contributed by atoms with Gasteiger partial charge in [0, 0.05) is 0 Å². The Kier molecular flexibility index (Phi) is 23.2. The van der Waals surface area contributed by atoms with E-state index in [-0.39, 0.29) is 0 Å². The molecule has 8 heavy (non-hydrogen) atoms. The zero-order valence-electron chi connectivity index (χ0n) is 5.08. The quantitative estimate of drug-likeness (QED) is 0.670. The molecule has 0 atom stereocenters. The first kappa shape index (κ1) is 11.8. The maximum atomic E-state index is 4.89. The first-order valence-corrected chi connectivity index (χ1v) is 8.10. The van der Waals surface area contributed by atoms with Gasteiger partial charge in [0.25, 0.3) is 0 Å². The summed E-state index contributed by atoms with van der Waals surface area (Å²) in [7, 11) is 9.78. The van der Waals surface area contributed by atoms with E-state index in [1.165, 1.54) is 12.8 Å². The number of hydrogen-bond acceptors (Lipinski definition) is 0. The van der Waals surface area contributed by atoms with Crippen molar-refractivity contribution >= 4 is 33.6 Å². The molecule has 0 aromatic heterocycles. The standard InChI is InChI=1S/C4H11N.Cl2Ge/c1-2-3-4-5;1-3-2/h2-5H2,1H3;/p+1. The van der Waals surface area contributed by atoms with Crippen LogP contribution in [0.4, 0.5) is 0 Å². The van der Waals surface area contributed by atoms with Gasteiger partial charge in [-0.2, -0.15) is 0 Å². The van der Waals surface area contributed by atoms with Crippen molar-refractivity contribution in [3.63, 3.8) is 0 Å². The van der Waals surface area contributed by atoms with Crippen LogP contribution in [-0.2, 0) is 0 Å². The molecular weight excluding hydrogens is 206 g/mol. The second-order valence-electron chi connectivity index (χ2n) is 1.28. The third-order valence-electron chi connectivity index (χ3n) is 0.604. The molecule has 50 valence electrons. The topological polar surface area (TPSA) is 27.6 Å². The Bertz CT molecular complexity index is 28.0. The van der Waals surface area contributed by atoms with Gasteiger partial charge in [0.1, 0.15) is 0 Å². The molecule has 0 heterocycles. The molecule has 2 radical (unpaired) electrons. The van der Waals surface area contributed by atoms with Gasteiger partial charge in [0.15, 0.2) is 0 Å². The summed E-state index contributed by atoms with van der Waals surface area (Å²) in [6.45, 7) is 3.27. The number of unbranched alkanes of at least 4 members (excludes halogenated alkanes) is 1. The summed E-state index contributed by atoms with van der Waals surface area (Å²) in [4.78, 5) is 0. The van der Waals surface area contributed by atoms with Gasteiger partial charge >= 0.3 is 33.6 Å². The minimum absolute atomic E-state index is 0.556. The number of hydrogen-bond donors (Lipinski definition) is 1. The van der Waals surface area contributed by atoms with Crippen LogP contribution in [0.25, 0.3) is 0 Å². The van der Waals surface area contributed by atoms with Crippen LogP contribution in [0.5, 0.6) is 0 Å². The molecule has 0 aliphatic heterocycles. The molecule has 0 aliphatic rings. The molecule has 0 unspecified atom stereocenters. The van der Waals surface area contributed by atoms with E-state index in [1.54, 1.807) is 0 Å². The molecule has 1 nitrogen and oxygen atoms in total. The summed E-state index contributed by atoms with van der Waals surface area (Å²) in [6, 6.07) is 0. The van der Waals surface area contributed by atoms with E-state index < -0.39 is 13.6 Å². The molecule has 0 amide bonds. The van der Waals surface area contributed by atoms with Crippen LogP contribution < -0.4 is 5.73 Å². The summed E-state index contributed by atoms with van der Waals surface area (Å²) in [5.41, 5.74) is 3.68. The summed E-state index contributed by atoms with van der Waals surface area (Å²) in [6.07, 6.45) is 2.56. The second-order valence-corrected chi connectivity index (χ2v) is 4.55. The van der Waals surface area contributed by atoms with Crippen LogP contribution in [-0.4, -0.2) is 20.1 Å². The second kappa shape index (κ2) is 15.7. The van der Waals surface area contributed by atoms with Crippen molar-refractivity contribution in [2.24, 2.45) is 0 Å². The van der Waals surface area contributed by atoms with Crippen molar-refractivity contribution in [3.05, 3.63) is 0 Å². The van der Waals surface area contributed by atoms with E-state index in [0.29, 0.717) is 0 Å². The van der Waals surface area contributed by atoms with Crippen LogP contribution in [0, 0.1) is 0 Å². The van der Waals surface area contributed by atoms with E-state index in [4.69, 9.17) is 20.0 Å². The fourth-order valence-electron chi connectivity index (χ4n) is 0.250. The SMILES string of the molecule is CCCC[NH3+].[Cl][Ge][Cl]. The van der Waals surface area contributed by atoms with E-state index in [1.807, 2.05) is 0 Å². The van der Waals surface area contributed by atoms with Crippen molar-refractivity contribution < 1.29 is 5.73 Å². The van der Waals surface area contributed by atoms with E-state index in [0.717, 1.165) is 6.54 Å². The van der Waals surface area contributed by atoms with Gasteiger partial charge in [-0.05, 0) is 6.42 Å². The molecule has 4 heteroatoms. The van der Waals surface area contributed by atoms with Crippen molar-refractivity contribution in [2.45, 2.75) is 19.8 Å². The Morgan fingerprint density at radius 1 is 1.50 bits per heavy atom. The summed E-state index contributed by atoms with van der Waals surface area (Å²) in [5, 5.41) is 0. The molecule has 0 spiro atoms. The van der Waals surface area contributed by atoms with Gasteiger partial charge in [-0.1, -0.05) is 13.3 Å². The summed E-state index contributed by atoms with van der Waals surface area (Å²) >= 11 is -0.556. The Balaban J connectivity index is 0. The third-order valence-corrected chi connectivity index (χ3v) is 0.604. The predicted octanol–water partition coefficient (Wildman–Crippen LogP) is 1.03. The molecular formula is C4H12Cl2GeN+. The minimum atomic E-state index is -0.556. The Labute approximate surface area is 65.8 Å². The van der Waals surface area contributed by atoms with Crippen molar-refractivity contribution in [1.82, 2.24) is 0 Å². The van der Waals surface area contributed by atoms with Crippen molar-refractivity contribution in [1.29, 1.82) is 0 Å². The molecule has 0 bridgehead atoms. The predicted molar refractivity (Wildman–Crippen MR) is 40.1 cm³/mol. The average Bonchev–Trinajstić information content (AvgIpc) is 1.71. The maximum absolute atomic E-state index is 4.89. The van der Waals surface area contributed by atoms with Gasteiger partial charge in [-0.15, -0.1) is 0 Å². The first-order chi connectivity index (χ1) is 3.83. The first-order valence-electron chi connectivity index (χ1n) is 2.59. The van der Waals surface area contributed by atoms with E-state index >= 15 is 0 Å². The molecule has 3 N–H and O–H groups in total. The normalized spacial score (nSPS) is 7.50. The van der Waals surface area contributed by atoms with Gasteiger partial charge in [-0.25, -0.2) is 0 Å². The van der Waals surface area contributed by atoms with Crippen molar-refractivity contribution in [2.75, 3.05) is 6.54 Å². The van der Waals surface area contributed by atoms with Crippen LogP contribution in [0.1, 0.15) is 19.8 Å². The molecule has 0 aromatic carbocycles. The fraction of sp³-hybridized carbons (Fsp3) is 1.00. The molecule has 0 aliphatic carbocycles. The van der Waals surface area contributed by atoms with Gasteiger partial charge in [0.05, 0.1) is 6.54 Å². The molecule has 0 fully saturated rings. The summed E-state index contributed by atoms with van der Waals surface area (Å²) in [5.74, 6) is 0. The van der Waals surface area contributed by atoms with Crippen LogP contribution in [0.15, 0.2) is 0 Å². The zero-order chi connectivity index (χ0) is 6.83. The molecule has 0 saturated heterocycles. The third kappa shape index (κ3) is 27.6. The molecule has 0 rings (SSSR count). The number of quaternary nitrogens is 1. The number of halogens is 2. The van der Waals surface area contributed by atoms with Crippen molar-refractivity contribution in [3.8, 4) is 0 Å². The molecule has 0 aromatic rings. The van der Waals surface area contributed by atoms with Gasteiger partial charge in [-0.3, -0.25) is 0 Å². The van der Waals surface area contributed by atoms with Gasteiger partial charge < -0.3 is 5.73 Å². The Hall–Kier alpha value is 1.08. The van der Waals surface area contributed by atoms with Crippen LogP contribution >= 0.6 is 20.0 Å². The van der Waals surface area contributed by atoms with E-state index in [9.17, 15) is 0 Å². The van der Waals surface area contributed by atoms with Crippen LogP contribution in [0.2, 0.25) is 0 Å². The number of rotatable bonds is 2. The molecule has 0 saturated carbocycles. The monoisotopic (exact) mass is 218 g/mol. The zero-order valence-corrected chi connectivity index (χ0v) is 8.69. The van der Waals surface area contributed by atoms with Gasteiger partial charge in [0.2, 0.25) is 0 Å². The summed E-state index contributed by atoms with van der Waals surface area (Å²) < 4.78 is 0. The Morgan fingerprint density at radius 3 is 1.88 bits per heavy atom.